The summed E-state index contributed by atoms with van der Waals surface area (Å²) in [4.78, 5) is 28.0. The van der Waals surface area contributed by atoms with Crippen LogP contribution in [0, 0.1) is 0 Å². The molecule has 0 unspecified atom stereocenters. The number of fused-ring (bicyclic) bond motifs is 3. The lowest BCUT2D eigenvalue weighted by Gasteiger charge is -2.37. The van der Waals surface area contributed by atoms with Gasteiger partial charge in [-0.25, -0.2) is 4.79 Å². The van der Waals surface area contributed by atoms with Gasteiger partial charge in [0.1, 0.15) is 5.78 Å². The molecule has 5 aromatic rings. The van der Waals surface area contributed by atoms with Crippen LogP contribution >= 0.6 is 0 Å². The van der Waals surface area contributed by atoms with Crippen molar-refractivity contribution in [1.82, 2.24) is 0 Å². The molecule has 0 radical (unpaired) electrons. The summed E-state index contributed by atoms with van der Waals surface area (Å²) in [6, 6.07) is 44.2. The molecule has 44 heavy (non-hydrogen) atoms. The van der Waals surface area contributed by atoms with Crippen LogP contribution in [-0.2, 0) is 23.5 Å². The van der Waals surface area contributed by atoms with Gasteiger partial charge in [-0.1, -0.05) is 133 Å². The second-order valence-corrected chi connectivity index (χ2v) is 14.6. The topological polar surface area (TPSA) is 61.8 Å². The molecule has 0 amide bonds. The van der Waals surface area contributed by atoms with Crippen LogP contribution in [0.5, 0.6) is 0 Å². The van der Waals surface area contributed by atoms with Gasteiger partial charge in [0.05, 0.1) is 12.5 Å². The first-order chi connectivity index (χ1) is 21.6. The summed E-state index contributed by atoms with van der Waals surface area (Å²) in [6.07, 6.45) is -1.45. The predicted molar refractivity (Wildman–Crippen MR) is 173 cm³/mol. The second-order valence-electron chi connectivity index (χ2n) is 11.2. The number of carbonyl (C=O) groups excluding carboxylic acids is 2. The third-order valence-electron chi connectivity index (χ3n) is 8.88. The number of Topliss-reactive ketones (excluding diaryl/α,β-unsaturated/α-hetero) is 1. The van der Waals surface area contributed by atoms with Crippen molar-refractivity contribution >= 4 is 35.6 Å². The first-order valence-electron chi connectivity index (χ1n) is 14.9. The Bertz CT molecular complexity index is 1740. The van der Waals surface area contributed by atoms with Crippen molar-refractivity contribution in [1.29, 1.82) is 0 Å². The van der Waals surface area contributed by atoms with Crippen LogP contribution in [0.1, 0.15) is 35.1 Å². The molecule has 1 aliphatic heterocycles. The smallest absolute Gasteiger partial charge is 0.337 e. The van der Waals surface area contributed by atoms with Crippen LogP contribution in [0.3, 0.4) is 0 Å². The van der Waals surface area contributed by atoms with E-state index in [1.54, 1.807) is 7.11 Å². The van der Waals surface area contributed by atoms with Crippen LogP contribution < -0.4 is 15.6 Å². The lowest BCUT2D eigenvalue weighted by molar-refractivity contribution is -0.168. The summed E-state index contributed by atoms with van der Waals surface area (Å²) in [5.41, 5.74) is 4.70. The highest BCUT2D eigenvalue weighted by molar-refractivity contribution is 7.07. The zero-order chi connectivity index (χ0) is 30.1. The first kappa shape index (κ1) is 28.2. The summed E-state index contributed by atoms with van der Waals surface area (Å²) in [6.45, 7) is 0.166. The average Bonchev–Trinajstić information content (AvgIpc) is 3.40. The van der Waals surface area contributed by atoms with Gasteiger partial charge in [0.25, 0.3) is 8.32 Å². The molecule has 0 bridgehead atoms. The number of rotatable bonds is 7. The van der Waals surface area contributed by atoms with Gasteiger partial charge in [0, 0.05) is 24.7 Å². The minimum atomic E-state index is -3.11. The maximum absolute atomic E-state index is 14.2. The highest BCUT2D eigenvalue weighted by Gasteiger charge is 2.48. The van der Waals surface area contributed by atoms with Crippen molar-refractivity contribution < 1.29 is 23.5 Å². The largest absolute Gasteiger partial charge is 0.451 e. The summed E-state index contributed by atoms with van der Waals surface area (Å²) in [5, 5.41) is 3.00. The standard InChI is InChI=1S/C38H32O5Si/c1-41-44(26-14-4-2-5-15-26,27-16-6-3-7-17-27)34-23-13-12-22-32(34)35-33(39)24-25-42-37(35)38(40)43-36-30-20-10-8-18-28(30)29-19-9-11-21-31(29)36/h2-23,35-37H,24-25H2,1H3/t35-,37-/m0/s1. The number of benzene rings is 5. The van der Waals surface area contributed by atoms with Gasteiger partial charge in [-0.3, -0.25) is 4.79 Å². The van der Waals surface area contributed by atoms with Crippen molar-refractivity contribution in [2.75, 3.05) is 13.7 Å². The number of hydrogen-bond donors (Lipinski definition) is 0. The minimum absolute atomic E-state index is 0.0435. The fourth-order valence-corrected chi connectivity index (χ4v) is 10.9. The third-order valence-corrected chi connectivity index (χ3v) is 13.0. The van der Waals surface area contributed by atoms with E-state index in [4.69, 9.17) is 13.9 Å². The third kappa shape index (κ3) is 4.63. The summed E-state index contributed by atoms with van der Waals surface area (Å²) in [7, 11) is -1.37. The van der Waals surface area contributed by atoms with Gasteiger partial charge in [0.15, 0.2) is 12.2 Å². The Balaban J connectivity index is 1.32. The Morgan fingerprint density at radius 3 is 1.75 bits per heavy atom. The predicted octanol–water partition coefficient (Wildman–Crippen LogP) is 5.05. The minimum Gasteiger partial charge on any atom is -0.451 e. The quantitative estimate of drug-likeness (QED) is 0.150. The van der Waals surface area contributed by atoms with Crippen LogP contribution in [0.15, 0.2) is 133 Å². The van der Waals surface area contributed by atoms with Crippen molar-refractivity contribution in [2.24, 2.45) is 0 Å². The van der Waals surface area contributed by atoms with E-state index in [1.165, 1.54) is 0 Å². The molecule has 1 saturated heterocycles. The fraction of sp³-hybridized carbons (Fsp3) is 0.158. The first-order valence-corrected chi connectivity index (χ1v) is 16.8. The van der Waals surface area contributed by atoms with Crippen molar-refractivity contribution in [3.05, 3.63) is 150 Å². The molecule has 2 atom stereocenters. The molecule has 2 aliphatic rings. The van der Waals surface area contributed by atoms with Gasteiger partial charge in [-0.05, 0) is 32.3 Å². The van der Waals surface area contributed by atoms with Crippen molar-refractivity contribution in [2.45, 2.75) is 24.5 Å². The lowest BCUT2D eigenvalue weighted by atomic mass is 9.86. The Hall–Kier alpha value is -4.62. The van der Waals surface area contributed by atoms with E-state index in [2.05, 4.69) is 24.3 Å². The molecule has 5 aromatic carbocycles. The molecule has 0 saturated carbocycles. The maximum atomic E-state index is 14.2. The molecule has 0 spiro atoms. The molecule has 1 heterocycles. The highest BCUT2D eigenvalue weighted by atomic mass is 28.4. The number of carbonyl (C=O) groups is 2. The molecule has 0 N–H and O–H groups in total. The number of esters is 1. The molecule has 218 valence electrons. The summed E-state index contributed by atoms with van der Waals surface area (Å²) >= 11 is 0. The van der Waals surface area contributed by atoms with Crippen LogP contribution in [-0.4, -0.2) is 39.9 Å². The van der Waals surface area contributed by atoms with Gasteiger partial charge < -0.3 is 13.9 Å². The normalized spacial score (nSPS) is 18.0. The van der Waals surface area contributed by atoms with E-state index < -0.39 is 32.4 Å². The Morgan fingerprint density at radius 2 is 1.18 bits per heavy atom. The summed E-state index contributed by atoms with van der Waals surface area (Å²) in [5.74, 6) is -1.43. The number of hydrogen-bond acceptors (Lipinski definition) is 5. The molecular weight excluding hydrogens is 564 g/mol. The SMILES string of the molecule is CO[Si](c1ccccc1)(c1ccccc1)c1ccccc1[C@H]1C(=O)CCO[C@@H]1C(=O)OC1c2ccccc2-c2ccccc21. The highest BCUT2D eigenvalue weighted by Crippen LogP contribution is 2.45. The van der Waals surface area contributed by atoms with Crippen LogP contribution in [0.4, 0.5) is 0 Å². The number of ether oxygens (including phenoxy) is 2. The molecule has 5 nitrogen and oxygen atoms in total. The van der Waals surface area contributed by atoms with Gasteiger partial charge in [0.2, 0.25) is 0 Å². The maximum Gasteiger partial charge on any atom is 0.337 e. The Kier molecular flexibility index (Phi) is 7.56. The van der Waals surface area contributed by atoms with E-state index in [1.807, 2.05) is 109 Å². The lowest BCUT2D eigenvalue weighted by Crippen LogP contribution is -2.70. The molecular formula is C38H32O5Si. The molecule has 1 fully saturated rings. The number of ketones is 1. The summed E-state index contributed by atoms with van der Waals surface area (Å²) < 4.78 is 19.1. The van der Waals surface area contributed by atoms with Crippen LogP contribution in [0.2, 0.25) is 0 Å². The van der Waals surface area contributed by atoms with E-state index in [9.17, 15) is 9.59 Å². The van der Waals surface area contributed by atoms with Crippen LogP contribution in [0.25, 0.3) is 11.1 Å². The van der Waals surface area contributed by atoms with Gasteiger partial charge in [-0.15, -0.1) is 0 Å². The van der Waals surface area contributed by atoms with E-state index >= 15 is 0 Å². The average molecular weight is 597 g/mol. The molecule has 6 heteroatoms. The fourth-order valence-electron chi connectivity index (χ4n) is 6.93. The molecule has 1 aliphatic carbocycles. The molecule has 7 rings (SSSR count). The van der Waals surface area contributed by atoms with E-state index in [-0.39, 0.29) is 18.8 Å². The van der Waals surface area contributed by atoms with Gasteiger partial charge >= 0.3 is 5.97 Å². The monoisotopic (exact) mass is 596 g/mol. The van der Waals surface area contributed by atoms with E-state index in [0.29, 0.717) is 0 Å². The van der Waals surface area contributed by atoms with Crippen molar-refractivity contribution in [3.8, 4) is 11.1 Å². The molecule has 0 aromatic heterocycles. The zero-order valence-corrected chi connectivity index (χ0v) is 25.4. The van der Waals surface area contributed by atoms with Crippen molar-refractivity contribution in [3.63, 3.8) is 0 Å². The zero-order valence-electron chi connectivity index (χ0n) is 24.4. The van der Waals surface area contributed by atoms with E-state index in [0.717, 1.165) is 43.4 Å². The Morgan fingerprint density at radius 1 is 0.682 bits per heavy atom. The Labute approximate surface area is 258 Å². The second kappa shape index (κ2) is 11.8. The van der Waals surface area contributed by atoms with Gasteiger partial charge in [-0.2, -0.15) is 0 Å².